The molecule has 2 rings (SSSR count). The molecular weight excluding hydrogens is 442 g/mol. The Morgan fingerprint density at radius 2 is 1.80 bits per heavy atom. The van der Waals surface area contributed by atoms with Crippen LogP contribution >= 0.6 is 11.6 Å². The molecule has 1 heterocycles. The van der Waals surface area contributed by atoms with E-state index in [4.69, 9.17) is 11.6 Å². The molecule has 133 valence electrons. The molecule has 0 fully saturated rings. The van der Waals surface area contributed by atoms with Crippen molar-refractivity contribution in [3.63, 3.8) is 0 Å². The number of hydrogen-bond acceptors (Lipinski definition) is 2. The van der Waals surface area contributed by atoms with Crippen molar-refractivity contribution in [3.8, 4) is 5.75 Å². The van der Waals surface area contributed by atoms with Gasteiger partial charge >= 0.3 is 6.18 Å². The SMILES string of the molecule is C=C1C(Cl)=C[C-]=C(c2ccc(OCC(F)(F)F)cc2)N1CC(F)F.[Y]. The Labute approximate surface area is 171 Å². The molecule has 0 saturated heterocycles. The normalized spacial score (nSPS) is 14.8. The van der Waals surface area contributed by atoms with E-state index in [0.29, 0.717) is 11.3 Å². The van der Waals surface area contributed by atoms with Crippen LogP contribution in [0.3, 0.4) is 0 Å². The van der Waals surface area contributed by atoms with Crippen LogP contribution in [0.2, 0.25) is 0 Å². The molecule has 0 amide bonds. The Balaban J connectivity index is 0.00000312. The van der Waals surface area contributed by atoms with Crippen molar-refractivity contribution < 1.29 is 59.4 Å². The van der Waals surface area contributed by atoms with E-state index < -0.39 is 25.8 Å². The maximum absolute atomic E-state index is 12.8. The Morgan fingerprint density at radius 1 is 1.20 bits per heavy atom. The molecule has 25 heavy (non-hydrogen) atoms. The van der Waals surface area contributed by atoms with Gasteiger partial charge in [-0.15, -0.1) is 12.1 Å². The van der Waals surface area contributed by atoms with Crippen LogP contribution in [-0.2, 0) is 32.7 Å². The number of alkyl halides is 5. The van der Waals surface area contributed by atoms with E-state index in [1.54, 1.807) is 0 Å². The second kappa shape index (κ2) is 9.15. The molecule has 9 heteroatoms. The van der Waals surface area contributed by atoms with Crippen molar-refractivity contribution in [2.75, 3.05) is 13.2 Å². The van der Waals surface area contributed by atoms with Gasteiger partial charge in [0, 0.05) is 32.7 Å². The first kappa shape index (κ1) is 22.1. The van der Waals surface area contributed by atoms with Crippen LogP contribution in [0.15, 0.2) is 47.6 Å². The van der Waals surface area contributed by atoms with Crippen LogP contribution in [0.5, 0.6) is 5.75 Å². The molecule has 0 N–H and O–H groups in total. The first-order chi connectivity index (χ1) is 11.2. The van der Waals surface area contributed by atoms with Gasteiger partial charge < -0.3 is 9.64 Å². The van der Waals surface area contributed by atoms with E-state index in [-0.39, 0.29) is 49.2 Å². The Bertz CT molecular complexity index is 670. The van der Waals surface area contributed by atoms with Crippen LogP contribution in [0, 0.1) is 6.08 Å². The van der Waals surface area contributed by atoms with Crippen molar-refractivity contribution in [3.05, 3.63) is 59.3 Å². The second-order valence-corrected chi connectivity index (χ2v) is 5.27. The average Bonchev–Trinajstić information content (AvgIpc) is 2.50. The first-order valence-electron chi connectivity index (χ1n) is 6.71. The van der Waals surface area contributed by atoms with Crippen molar-refractivity contribution in [1.82, 2.24) is 4.90 Å². The summed E-state index contributed by atoms with van der Waals surface area (Å²) >= 11 is 5.88. The number of halogens is 6. The predicted octanol–water partition coefficient (Wildman–Crippen LogP) is 4.99. The van der Waals surface area contributed by atoms with Gasteiger partial charge in [-0.1, -0.05) is 17.8 Å². The van der Waals surface area contributed by atoms with Crippen molar-refractivity contribution in [2.45, 2.75) is 12.6 Å². The fourth-order valence-corrected chi connectivity index (χ4v) is 2.17. The van der Waals surface area contributed by atoms with Gasteiger partial charge in [-0.3, -0.25) is 0 Å². The van der Waals surface area contributed by atoms with Crippen LogP contribution in [-0.4, -0.2) is 30.7 Å². The van der Waals surface area contributed by atoms with Gasteiger partial charge in [0.25, 0.3) is 6.43 Å². The van der Waals surface area contributed by atoms with Gasteiger partial charge in [0.15, 0.2) is 6.61 Å². The molecule has 1 aromatic carbocycles. The monoisotopic (exact) mass is 453 g/mol. The summed E-state index contributed by atoms with van der Waals surface area (Å²) in [4.78, 5) is 1.21. The molecule has 0 aromatic heterocycles. The third-order valence-corrected chi connectivity index (χ3v) is 3.39. The van der Waals surface area contributed by atoms with Crippen LogP contribution in [0.25, 0.3) is 5.70 Å². The van der Waals surface area contributed by atoms with Crippen molar-refractivity contribution in [1.29, 1.82) is 0 Å². The van der Waals surface area contributed by atoms with E-state index in [9.17, 15) is 22.0 Å². The minimum Gasteiger partial charge on any atom is -0.484 e. The third-order valence-electron chi connectivity index (χ3n) is 3.06. The van der Waals surface area contributed by atoms with Gasteiger partial charge in [0.2, 0.25) is 0 Å². The summed E-state index contributed by atoms with van der Waals surface area (Å²) in [6, 6.07) is 5.54. The van der Waals surface area contributed by atoms with Gasteiger partial charge in [-0.25, -0.2) is 8.78 Å². The van der Waals surface area contributed by atoms with Crippen molar-refractivity contribution in [2.24, 2.45) is 0 Å². The molecule has 0 spiro atoms. The summed E-state index contributed by atoms with van der Waals surface area (Å²) in [6.07, 6.45) is -2.89. The zero-order valence-electron chi connectivity index (χ0n) is 12.8. The fraction of sp³-hybridized carbons (Fsp3) is 0.250. The number of benzene rings is 1. The third kappa shape index (κ3) is 6.39. The summed E-state index contributed by atoms with van der Waals surface area (Å²) in [5, 5.41) is 0.185. The molecule has 0 unspecified atom stereocenters. The Kier molecular flexibility index (Phi) is 8.09. The van der Waals surface area contributed by atoms with Crippen LogP contribution in [0.4, 0.5) is 22.0 Å². The number of nitrogens with zero attached hydrogens (tertiary/aromatic N) is 1. The van der Waals surface area contributed by atoms with E-state index in [2.05, 4.69) is 17.4 Å². The van der Waals surface area contributed by atoms with Gasteiger partial charge in [0.1, 0.15) is 5.75 Å². The number of hydrogen-bond donors (Lipinski definition) is 0. The minimum atomic E-state index is -4.44. The van der Waals surface area contributed by atoms with Gasteiger partial charge in [-0.05, 0) is 22.9 Å². The zero-order valence-corrected chi connectivity index (χ0v) is 16.4. The number of rotatable bonds is 5. The van der Waals surface area contributed by atoms with E-state index in [1.807, 2.05) is 0 Å². The Hall–Kier alpha value is -0.916. The molecular formula is C16H12ClF5NOY-. The predicted molar refractivity (Wildman–Crippen MR) is 80.4 cm³/mol. The second-order valence-electron chi connectivity index (χ2n) is 4.86. The van der Waals surface area contributed by atoms with Gasteiger partial charge in [0.05, 0.1) is 6.54 Å². The fourth-order valence-electron chi connectivity index (χ4n) is 2.01. The van der Waals surface area contributed by atoms with E-state index in [1.165, 1.54) is 35.2 Å². The number of ether oxygens (including phenoxy) is 1. The zero-order chi connectivity index (χ0) is 17.9. The molecule has 2 nitrogen and oxygen atoms in total. The molecule has 0 saturated carbocycles. The maximum atomic E-state index is 12.8. The molecule has 0 bridgehead atoms. The summed E-state index contributed by atoms with van der Waals surface area (Å²) in [7, 11) is 0. The standard InChI is InChI=1S/C16H12ClF5NO.Y/c1-10-13(17)6-7-14(23(10)8-15(18)19)11-2-4-12(5-3-11)24-9-16(20,21)22;/h2-6,15H,1,8-9H2;/q-1;. The minimum absolute atomic E-state index is 0. The maximum Gasteiger partial charge on any atom is 0.422 e. The molecule has 1 radical (unpaired) electrons. The summed E-state index contributed by atoms with van der Waals surface area (Å²) in [6.45, 7) is 1.62. The summed E-state index contributed by atoms with van der Waals surface area (Å²) in [5.41, 5.74) is 0.965. The van der Waals surface area contributed by atoms with Crippen LogP contribution < -0.4 is 4.74 Å². The average molecular weight is 454 g/mol. The smallest absolute Gasteiger partial charge is 0.422 e. The summed E-state index contributed by atoms with van der Waals surface area (Å²) < 4.78 is 66.5. The molecule has 1 aliphatic rings. The molecule has 0 aliphatic carbocycles. The topological polar surface area (TPSA) is 12.5 Å². The van der Waals surface area contributed by atoms with E-state index >= 15 is 0 Å². The molecule has 1 aromatic rings. The van der Waals surface area contributed by atoms with E-state index in [0.717, 1.165) is 0 Å². The van der Waals surface area contributed by atoms with Crippen molar-refractivity contribution >= 4 is 17.3 Å². The van der Waals surface area contributed by atoms with Gasteiger partial charge in [-0.2, -0.15) is 36.9 Å². The largest absolute Gasteiger partial charge is 0.484 e. The first-order valence-corrected chi connectivity index (χ1v) is 7.09. The summed E-state index contributed by atoms with van der Waals surface area (Å²) in [5.74, 6) is 0.0142. The molecule has 1 aliphatic heterocycles. The Morgan fingerprint density at radius 3 is 2.32 bits per heavy atom. The number of allylic oxidation sites excluding steroid dienone is 3. The quantitative estimate of drug-likeness (QED) is 0.460. The molecule has 0 atom stereocenters. The van der Waals surface area contributed by atoms with Crippen LogP contribution in [0.1, 0.15) is 5.56 Å².